The van der Waals surface area contributed by atoms with Crippen LogP contribution in [0, 0.1) is 6.92 Å². The molecular weight excluding hydrogens is 363 g/mol. The maximum atomic E-state index is 6.14. The number of aryl methyl sites for hydroxylation is 1. The van der Waals surface area contributed by atoms with Crippen LogP contribution in [0.5, 0.6) is 11.5 Å². The van der Waals surface area contributed by atoms with E-state index in [-0.39, 0.29) is 12.4 Å². The van der Waals surface area contributed by atoms with Gasteiger partial charge in [0, 0.05) is 22.2 Å². The number of nitrogens with two attached hydrogens (primary N) is 1. The Morgan fingerprint density at radius 3 is 2.36 bits per heavy atom. The van der Waals surface area contributed by atoms with Gasteiger partial charge < -0.3 is 20.5 Å². The van der Waals surface area contributed by atoms with Crippen LogP contribution in [0.4, 0.5) is 17.5 Å². The van der Waals surface area contributed by atoms with Gasteiger partial charge in [-0.2, -0.15) is 4.98 Å². The van der Waals surface area contributed by atoms with E-state index in [1.54, 1.807) is 26.4 Å². The van der Waals surface area contributed by atoms with Crippen molar-refractivity contribution in [3.8, 4) is 11.5 Å². The average molecular weight is 381 g/mol. The molecule has 132 valence electrons. The number of hydrogen-bond donors (Lipinski definition) is 2. The van der Waals surface area contributed by atoms with Crippen molar-refractivity contribution >= 4 is 52.4 Å². The molecule has 2 aromatic carbocycles. The van der Waals surface area contributed by atoms with Gasteiger partial charge in [0.25, 0.3) is 0 Å². The number of methoxy groups -OCH3 is 2. The fraction of sp³-hybridized carbons (Fsp3) is 0.176. The molecule has 0 aliphatic rings. The summed E-state index contributed by atoms with van der Waals surface area (Å²) >= 11 is 6.14. The van der Waals surface area contributed by atoms with Gasteiger partial charge in [-0.3, -0.25) is 0 Å². The molecule has 0 unspecified atom stereocenters. The number of rotatable bonds is 4. The number of hydrogen-bond acceptors (Lipinski definition) is 6. The molecule has 25 heavy (non-hydrogen) atoms. The lowest BCUT2D eigenvalue weighted by atomic mass is 10.2. The Kier molecular flexibility index (Phi) is 5.77. The predicted molar refractivity (Wildman–Crippen MR) is 104 cm³/mol. The number of nitrogen functional groups attached to an aromatic ring is 1. The third-order valence-corrected chi connectivity index (χ3v) is 4.07. The average Bonchev–Trinajstić information content (AvgIpc) is 2.57. The molecule has 0 saturated heterocycles. The first-order chi connectivity index (χ1) is 11.5. The van der Waals surface area contributed by atoms with Crippen LogP contribution in [0.3, 0.4) is 0 Å². The summed E-state index contributed by atoms with van der Waals surface area (Å²) in [5, 5.41) is 4.47. The number of fused-ring (bicyclic) bond motifs is 1. The van der Waals surface area contributed by atoms with E-state index >= 15 is 0 Å². The number of aromatic nitrogens is 2. The zero-order chi connectivity index (χ0) is 17.3. The van der Waals surface area contributed by atoms with Crippen molar-refractivity contribution in [1.29, 1.82) is 0 Å². The maximum Gasteiger partial charge on any atom is 0.229 e. The van der Waals surface area contributed by atoms with Crippen LogP contribution in [-0.4, -0.2) is 24.2 Å². The first-order valence-electron chi connectivity index (χ1n) is 7.24. The minimum atomic E-state index is 0. The number of nitrogens with one attached hydrogen (secondary N) is 1. The van der Waals surface area contributed by atoms with E-state index in [1.807, 2.05) is 25.1 Å². The van der Waals surface area contributed by atoms with E-state index < -0.39 is 0 Å². The zero-order valence-electron chi connectivity index (χ0n) is 14.0. The Morgan fingerprint density at radius 2 is 1.72 bits per heavy atom. The van der Waals surface area contributed by atoms with Crippen molar-refractivity contribution < 1.29 is 9.47 Å². The van der Waals surface area contributed by atoms with Crippen LogP contribution in [-0.2, 0) is 0 Å². The van der Waals surface area contributed by atoms with Crippen molar-refractivity contribution in [2.75, 3.05) is 25.3 Å². The van der Waals surface area contributed by atoms with E-state index in [1.165, 1.54) is 0 Å². The highest BCUT2D eigenvalue weighted by atomic mass is 35.5. The molecule has 3 aromatic rings. The van der Waals surface area contributed by atoms with E-state index in [0.717, 1.165) is 11.3 Å². The number of halogens is 2. The van der Waals surface area contributed by atoms with Gasteiger partial charge in [0.05, 0.1) is 19.7 Å². The summed E-state index contributed by atoms with van der Waals surface area (Å²) in [5.41, 5.74) is 8.50. The first-order valence-corrected chi connectivity index (χ1v) is 7.62. The SMILES string of the molecule is COc1cc2nc(Nc3ccc(C)c(Cl)c3)nc(N)c2cc1OC.Cl. The number of nitrogens with zero attached hydrogens (tertiary/aromatic N) is 2. The maximum absolute atomic E-state index is 6.14. The van der Waals surface area contributed by atoms with Gasteiger partial charge in [0.1, 0.15) is 5.82 Å². The molecule has 6 nitrogen and oxygen atoms in total. The van der Waals surface area contributed by atoms with Crippen LogP contribution in [0.1, 0.15) is 5.56 Å². The molecule has 1 aromatic heterocycles. The number of anilines is 3. The molecule has 1 heterocycles. The second kappa shape index (κ2) is 7.63. The van der Waals surface area contributed by atoms with E-state index in [4.69, 9.17) is 26.8 Å². The largest absolute Gasteiger partial charge is 0.493 e. The number of ether oxygens (including phenoxy) is 2. The Bertz CT molecular complexity index is 919. The third-order valence-electron chi connectivity index (χ3n) is 3.66. The summed E-state index contributed by atoms with van der Waals surface area (Å²) in [6, 6.07) is 9.16. The van der Waals surface area contributed by atoms with Crippen LogP contribution >= 0.6 is 24.0 Å². The Hall–Kier alpha value is -2.44. The Morgan fingerprint density at radius 1 is 1.04 bits per heavy atom. The molecule has 0 spiro atoms. The van der Waals surface area contributed by atoms with Crippen LogP contribution in [0.25, 0.3) is 10.9 Å². The van der Waals surface area contributed by atoms with Crippen molar-refractivity contribution in [2.45, 2.75) is 6.92 Å². The minimum Gasteiger partial charge on any atom is -0.493 e. The van der Waals surface area contributed by atoms with Crippen LogP contribution in [0.15, 0.2) is 30.3 Å². The second-order valence-corrected chi connectivity index (χ2v) is 5.65. The second-order valence-electron chi connectivity index (χ2n) is 5.25. The van der Waals surface area contributed by atoms with E-state index in [0.29, 0.717) is 39.2 Å². The van der Waals surface area contributed by atoms with Gasteiger partial charge in [-0.05, 0) is 30.7 Å². The molecule has 0 amide bonds. The molecule has 3 N–H and O–H groups in total. The van der Waals surface area contributed by atoms with Gasteiger partial charge >= 0.3 is 0 Å². The highest BCUT2D eigenvalue weighted by molar-refractivity contribution is 6.31. The lowest BCUT2D eigenvalue weighted by Crippen LogP contribution is -2.02. The molecule has 8 heteroatoms. The van der Waals surface area contributed by atoms with Crippen molar-refractivity contribution in [2.24, 2.45) is 0 Å². The lowest BCUT2D eigenvalue weighted by molar-refractivity contribution is 0.356. The molecule has 0 aliphatic heterocycles. The van der Waals surface area contributed by atoms with Gasteiger partial charge in [-0.15, -0.1) is 12.4 Å². The fourth-order valence-electron chi connectivity index (χ4n) is 2.33. The van der Waals surface area contributed by atoms with E-state index in [9.17, 15) is 0 Å². The summed E-state index contributed by atoms with van der Waals surface area (Å²) < 4.78 is 10.6. The first kappa shape index (κ1) is 18.9. The normalized spacial score (nSPS) is 10.2. The Balaban J connectivity index is 0.00000225. The third kappa shape index (κ3) is 3.81. The van der Waals surface area contributed by atoms with E-state index in [2.05, 4.69) is 15.3 Å². The Labute approximate surface area is 156 Å². The van der Waals surface area contributed by atoms with Gasteiger partial charge in [0.15, 0.2) is 11.5 Å². The quantitative estimate of drug-likeness (QED) is 0.699. The van der Waals surface area contributed by atoms with Gasteiger partial charge in [-0.1, -0.05) is 17.7 Å². The minimum absolute atomic E-state index is 0. The summed E-state index contributed by atoms with van der Waals surface area (Å²) in [6.45, 7) is 1.94. The van der Waals surface area contributed by atoms with Gasteiger partial charge in [0.2, 0.25) is 5.95 Å². The van der Waals surface area contributed by atoms with Crippen LogP contribution in [0.2, 0.25) is 5.02 Å². The fourth-order valence-corrected chi connectivity index (χ4v) is 2.52. The topological polar surface area (TPSA) is 82.3 Å². The summed E-state index contributed by atoms with van der Waals surface area (Å²) in [4.78, 5) is 8.78. The highest BCUT2D eigenvalue weighted by Crippen LogP contribution is 2.34. The summed E-state index contributed by atoms with van der Waals surface area (Å²) in [7, 11) is 3.14. The molecule has 0 aliphatic carbocycles. The highest BCUT2D eigenvalue weighted by Gasteiger charge is 2.12. The monoisotopic (exact) mass is 380 g/mol. The lowest BCUT2D eigenvalue weighted by Gasteiger charge is -2.12. The molecule has 0 saturated carbocycles. The number of benzene rings is 2. The molecule has 0 fully saturated rings. The molecular formula is C17H18Cl2N4O2. The van der Waals surface area contributed by atoms with Crippen molar-refractivity contribution in [3.05, 3.63) is 40.9 Å². The van der Waals surface area contributed by atoms with Crippen molar-refractivity contribution in [3.63, 3.8) is 0 Å². The standard InChI is InChI=1S/C17H17ClN4O2.ClH/c1-9-4-5-10(6-12(9)18)20-17-21-13-8-15(24-3)14(23-2)7-11(13)16(19)22-17;/h4-8H,1-3H3,(H3,19,20,21,22);1H. The van der Waals surface area contributed by atoms with Crippen molar-refractivity contribution in [1.82, 2.24) is 9.97 Å². The van der Waals surface area contributed by atoms with Crippen LogP contribution < -0.4 is 20.5 Å². The molecule has 0 radical (unpaired) electrons. The molecule has 0 bridgehead atoms. The zero-order valence-corrected chi connectivity index (χ0v) is 15.5. The summed E-state index contributed by atoms with van der Waals surface area (Å²) in [5.74, 6) is 1.88. The smallest absolute Gasteiger partial charge is 0.229 e. The molecule has 0 atom stereocenters. The molecule has 3 rings (SSSR count). The predicted octanol–water partition coefficient (Wildman–Crippen LogP) is 4.36. The van der Waals surface area contributed by atoms with Gasteiger partial charge in [-0.25, -0.2) is 4.98 Å². The summed E-state index contributed by atoms with van der Waals surface area (Å²) in [6.07, 6.45) is 0.